The van der Waals surface area contributed by atoms with Crippen LogP contribution in [-0.2, 0) is 0 Å². The molecule has 92 valence electrons. The Morgan fingerprint density at radius 2 is 2.29 bits per heavy atom. The largest absolute Gasteiger partial charge is 0.379 e. The minimum absolute atomic E-state index is 0.190. The van der Waals surface area contributed by atoms with Crippen LogP contribution in [0.4, 0.5) is 11.4 Å². The monoisotopic (exact) mass is 235 g/mol. The van der Waals surface area contributed by atoms with Gasteiger partial charge in [-0.25, -0.2) is 0 Å². The van der Waals surface area contributed by atoms with Crippen LogP contribution >= 0.6 is 0 Å². The molecule has 0 saturated carbocycles. The molecule has 0 bridgehead atoms. The first-order valence-corrected chi connectivity index (χ1v) is 5.75. The summed E-state index contributed by atoms with van der Waals surface area (Å²) in [5.74, 6) is 0.382. The van der Waals surface area contributed by atoms with E-state index in [1.807, 2.05) is 20.2 Å². The second kappa shape index (κ2) is 4.71. The van der Waals surface area contributed by atoms with Gasteiger partial charge in [-0.2, -0.15) is 0 Å². The normalized spacial score (nSPS) is 17.9. The molecule has 0 aliphatic carbocycles. The quantitative estimate of drug-likeness (QED) is 0.641. The van der Waals surface area contributed by atoms with Crippen molar-refractivity contribution in [2.75, 3.05) is 32.5 Å². The van der Waals surface area contributed by atoms with E-state index in [-0.39, 0.29) is 10.6 Å². The van der Waals surface area contributed by atoms with Gasteiger partial charge in [0.25, 0.3) is 5.69 Å². The van der Waals surface area contributed by atoms with Crippen LogP contribution < -0.4 is 5.32 Å². The molecule has 0 radical (unpaired) electrons. The standard InChI is InChI=1S/C12H17N3O2/c1-14(2)7-6-9-8-13-12-10(9)4-3-5-11(12)15(16)17/h3-5,9,13H,6-8H2,1-2H3. The summed E-state index contributed by atoms with van der Waals surface area (Å²) in [6.07, 6.45) is 1.02. The molecule has 1 unspecified atom stereocenters. The van der Waals surface area contributed by atoms with Crippen molar-refractivity contribution in [2.24, 2.45) is 0 Å². The Labute approximate surface area is 101 Å². The lowest BCUT2D eigenvalue weighted by atomic mass is 9.97. The number of rotatable bonds is 4. The number of fused-ring (bicyclic) bond motifs is 1. The Kier molecular flexibility index (Phi) is 3.28. The zero-order valence-electron chi connectivity index (χ0n) is 10.1. The van der Waals surface area contributed by atoms with Gasteiger partial charge in [0.05, 0.1) is 4.92 Å². The summed E-state index contributed by atoms with van der Waals surface area (Å²) < 4.78 is 0. The zero-order valence-corrected chi connectivity index (χ0v) is 10.1. The van der Waals surface area contributed by atoms with Crippen LogP contribution in [0.2, 0.25) is 0 Å². The second-order valence-corrected chi connectivity index (χ2v) is 4.67. The molecule has 0 saturated heterocycles. The lowest BCUT2D eigenvalue weighted by Crippen LogP contribution is -2.16. The molecule has 1 aromatic rings. The molecule has 2 rings (SSSR count). The van der Waals surface area contributed by atoms with Gasteiger partial charge in [-0.05, 0) is 32.6 Å². The van der Waals surface area contributed by atoms with E-state index in [0.717, 1.165) is 25.1 Å². The van der Waals surface area contributed by atoms with E-state index >= 15 is 0 Å². The molecule has 0 aromatic heterocycles. The molecule has 1 aromatic carbocycles. The van der Waals surface area contributed by atoms with E-state index in [4.69, 9.17) is 0 Å². The maximum atomic E-state index is 10.9. The number of para-hydroxylation sites is 1. The molecule has 1 N–H and O–H groups in total. The van der Waals surface area contributed by atoms with Crippen molar-refractivity contribution in [3.63, 3.8) is 0 Å². The van der Waals surface area contributed by atoms with Gasteiger partial charge in [0.15, 0.2) is 0 Å². The van der Waals surface area contributed by atoms with E-state index in [9.17, 15) is 10.1 Å². The summed E-state index contributed by atoms with van der Waals surface area (Å²) in [6, 6.07) is 5.31. The first-order valence-electron chi connectivity index (χ1n) is 5.75. The minimum atomic E-state index is -0.319. The van der Waals surface area contributed by atoms with Crippen molar-refractivity contribution < 1.29 is 4.92 Å². The Bertz CT molecular complexity index is 432. The molecular formula is C12H17N3O2. The number of nitrogens with one attached hydrogen (secondary N) is 1. The lowest BCUT2D eigenvalue weighted by Gasteiger charge is -2.14. The van der Waals surface area contributed by atoms with Crippen molar-refractivity contribution in [2.45, 2.75) is 12.3 Å². The smallest absolute Gasteiger partial charge is 0.292 e. The summed E-state index contributed by atoms with van der Waals surface area (Å²) in [5, 5.41) is 14.1. The number of nitro groups is 1. The first kappa shape index (κ1) is 11.9. The van der Waals surface area contributed by atoms with Gasteiger partial charge in [0, 0.05) is 18.5 Å². The average molecular weight is 235 g/mol. The highest BCUT2D eigenvalue weighted by molar-refractivity contribution is 5.70. The van der Waals surface area contributed by atoms with Gasteiger partial charge < -0.3 is 10.2 Å². The minimum Gasteiger partial charge on any atom is -0.379 e. The maximum absolute atomic E-state index is 10.9. The average Bonchev–Trinajstić information content (AvgIpc) is 2.68. The van der Waals surface area contributed by atoms with Crippen LogP contribution in [0.25, 0.3) is 0 Å². The number of nitrogens with zero attached hydrogens (tertiary/aromatic N) is 2. The van der Waals surface area contributed by atoms with Crippen LogP contribution in [0, 0.1) is 10.1 Å². The fraction of sp³-hybridized carbons (Fsp3) is 0.500. The number of benzene rings is 1. The first-order chi connectivity index (χ1) is 8.09. The van der Waals surface area contributed by atoms with Crippen LogP contribution in [0.1, 0.15) is 17.9 Å². The van der Waals surface area contributed by atoms with Crippen molar-refractivity contribution in [3.05, 3.63) is 33.9 Å². The molecule has 5 heteroatoms. The molecule has 0 amide bonds. The summed E-state index contributed by atoms with van der Waals surface area (Å²) in [7, 11) is 4.08. The molecule has 1 atom stereocenters. The number of anilines is 1. The van der Waals surface area contributed by atoms with E-state index in [2.05, 4.69) is 10.2 Å². The van der Waals surface area contributed by atoms with E-state index in [0.29, 0.717) is 11.6 Å². The second-order valence-electron chi connectivity index (χ2n) is 4.67. The summed E-state index contributed by atoms with van der Waals surface area (Å²) in [4.78, 5) is 12.7. The van der Waals surface area contributed by atoms with E-state index < -0.39 is 0 Å². The van der Waals surface area contributed by atoms with Crippen LogP contribution in [0.5, 0.6) is 0 Å². The van der Waals surface area contributed by atoms with Gasteiger partial charge >= 0.3 is 0 Å². The molecule has 17 heavy (non-hydrogen) atoms. The van der Waals surface area contributed by atoms with E-state index in [1.165, 1.54) is 0 Å². The third-order valence-corrected chi connectivity index (χ3v) is 3.16. The molecule has 1 heterocycles. The maximum Gasteiger partial charge on any atom is 0.292 e. The lowest BCUT2D eigenvalue weighted by molar-refractivity contribution is -0.383. The highest BCUT2D eigenvalue weighted by atomic mass is 16.6. The van der Waals surface area contributed by atoms with Crippen LogP contribution in [0.3, 0.4) is 0 Å². The molecular weight excluding hydrogens is 218 g/mol. The summed E-state index contributed by atoms with van der Waals surface area (Å²) >= 11 is 0. The van der Waals surface area contributed by atoms with Gasteiger partial charge in [-0.1, -0.05) is 12.1 Å². The van der Waals surface area contributed by atoms with Gasteiger partial charge in [-0.15, -0.1) is 0 Å². The Balaban J connectivity index is 2.21. The third kappa shape index (κ3) is 2.39. The SMILES string of the molecule is CN(C)CCC1CNc2c1cccc2[N+](=O)[O-]. The van der Waals surface area contributed by atoms with Crippen molar-refractivity contribution >= 4 is 11.4 Å². The van der Waals surface area contributed by atoms with Crippen molar-refractivity contribution in [1.82, 2.24) is 4.90 Å². The molecule has 5 nitrogen and oxygen atoms in total. The topological polar surface area (TPSA) is 58.4 Å². The fourth-order valence-corrected chi connectivity index (χ4v) is 2.25. The Morgan fingerprint density at radius 3 is 2.94 bits per heavy atom. The van der Waals surface area contributed by atoms with Crippen molar-refractivity contribution in [3.8, 4) is 0 Å². The summed E-state index contributed by atoms with van der Waals surface area (Å²) in [6.45, 7) is 1.79. The number of hydrogen-bond donors (Lipinski definition) is 1. The van der Waals surface area contributed by atoms with Gasteiger partial charge in [-0.3, -0.25) is 10.1 Å². The van der Waals surface area contributed by atoms with Gasteiger partial charge in [0.1, 0.15) is 5.69 Å². The Hall–Kier alpha value is -1.62. The van der Waals surface area contributed by atoms with Gasteiger partial charge in [0.2, 0.25) is 0 Å². The number of nitro benzene ring substituents is 1. The van der Waals surface area contributed by atoms with Crippen molar-refractivity contribution in [1.29, 1.82) is 0 Å². The Morgan fingerprint density at radius 1 is 1.53 bits per heavy atom. The zero-order chi connectivity index (χ0) is 12.4. The predicted molar refractivity (Wildman–Crippen MR) is 67.5 cm³/mol. The highest BCUT2D eigenvalue weighted by Crippen LogP contribution is 2.39. The predicted octanol–water partition coefficient (Wildman–Crippen LogP) is 2.06. The molecule has 1 aliphatic rings. The van der Waals surface area contributed by atoms with Crippen LogP contribution in [-0.4, -0.2) is 37.0 Å². The van der Waals surface area contributed by atoms with Crippen LogP contribution in [0.15, 0.2) is 18.2 Å². The summed E-state index contributed by atoms with van der Waals surface area (Å²) in [5.41, 5.74) is 1.98. The fourth-order valence-electron chi connectivity index (χ4n) is 2.25. The molecule has 1 aliphatic heterocycles. The van der Waals surface area contributed by atoms with E-state index in [1.54, 1.807) is 12.1 Å². The highest BCUT2D eigenvalue weighted by Gasteiger charge is 2.28. The molecule has 0 fully saturated rings. The third-order valence-electron chi connectivity index (χ3n) is 3.16. The molecule has 0 spiro atoms. The number of hydrogen-bond acceptors (Lipinski definition) is 4.